The van der Waals surface area contributed by atoms with E-state index in [4.69, 9.17) is 4.74 Å². The number of nitrogens with zero attached hydrogens (tertiary/aromatic N) is 2. The number of phenols is 1. The SMILES string of the molecule is CCCCN(C)C(=NC)NCCc1ccc(OC)cc1O. The van der Waals surface area contributed by atoms with E-state index in [1.807, 2.05) is 19.2 Å². The molecule has 1 aromatic carbocycles. The molecule has 0 unspecified atom stereocenters. The van der Waals surface area contributed by atoms with Gasteiger partial charge >= 0.3 is 0 Å². The Kier molecular flexibility index (Phi) is 7.43. The van der Waals surface area contributed by atoms with Gasteiger partial charge in [-0.1, -0.05) is 19.4 Å². The first-order valence-electron chi connectivity index (χ1n) is 7.40. The first kappa shape index (κ1) is 17.1. The monoisotopic (exact) mass is 293 g/mol. The van der Waals surface area contributed by atoms with Crippen molar-refractivity contribution in [3.8, 4) is 11.5 Å². The highest BCUT2D eigenvalue weighted by Gasteiger charge is 2.06. The van der Waals surface area contributed by atoms with Crippen LogP contribution < -0.4 is 10.1 Å². The van der Waals surface area contributed by atoms with E-state index in [0.717, 1.165) is 37.5 Å². The number of hydrogen-bond donors (Lipinski definition) is 2. The fraction of sp³-hybridized carbons (Fsp3) is 0.562. The third-order valence-corrected chi connectivity index (χ3v) is 3.39. The summed E-state index contributed by atoms with van der Waals surface area (Å²) in [4.78, 5) is 6.39. The molecule has 0 radical (unpaired) electrons. The summed E-state index contributed by atoms with van der Waals surface area (Å²) < 4.78 is 5.08. The molecule has 0 saturated carbocycles. The number of guanidine groups is 1. The van der Waals surface area contributed by atoms with Crippen LogP contribution in [-0.2, 0) is 6.42 Å². The lowest BCUT2D eigenvalue weighted by Gasteiger charge is -2.21. The van der Waals surface area contributed by atoms with Crippen molar-refractivity contribution < 1.29 is 9.84 Å². The average Bonchev–Trinajstić information content (AvgIpc) is 2.50. The summed E-state index contributed by atoms with van der Waals surface area (Å²) in [6.07, 6.45) is 3.05. The lowest BCUT2D eigenvalue weighted by atomic mass is 10.1. The number of phenolic OH excluding ortho intramolecular Hbond substituents is 1. The Labute approximate surface area is 127 Å². The van der Waals surface area contributed by atoms with Gasteiger partial charge in [-0.05, 0) is 24.5 Å². The molecule has 0 aromatic heterocycles. The molecule has 118 valence electrons. The molecule has 0 amide bonds. The molecule has 0 aliphatic carbocycles. The van der Waals surface area contributed by atoms with Crippen LogP contribution in [0, 0.1) is 0 Å². The summed E-state index contributed by atoms with van der Waals surface area (Å²) in [5.74, 6) is 1.82. The molecule has 2 N–H and O–H groups in total. The number of rotatable bonds is 7. The summed E-state index contributed by atoms with van der Waals surface area (Å²) in [5.41, 5.74) is 0.898. The van der Waals surface area contributed by atoms with Gasteiger partial charge in [-0.3, -0.25) is 4.99 Å². The van der Waals surface area contributed by atoms with Crippen LogP contribution in [0.5, 0.6) is 11.5 Å². The van der Waals surface area contributed by atoms with Gasteiger partial charge in [0.05, 0.1) is 7.11 Å². The molecule has 0 atom stereocenters. The van der Waals surface area contributed by atoms with Crippen LogP contribution in [0.2, 0.25) is 0 Å². The maximum atomic E-state index is 9.92. The normalized spacial score (nSPS) is 11.3. The Hall–Kier alpha value is -1.91. The van der Waals surface area contributed by atoms with Gasteiger partial charge in [-0.25, -0.2) is 0 Å². The van der Waals surface area contributed by atoms with Gasteiger partial charge in [0.15, 0.2) is 5.96 Å². The van der Waals surface area contributed by atoms with Crippen molar-refractivity contribution in [1.29, 1.82) is 0 Å². The zero-order chi connectivity index (χ0) is 15.7. The van der Waals surface area contributed by atoms with Crippen LogP contribution in [-0.4, -0.2) is 50.3 Å². The lowest BCUT2D eigenvalue weighted by molar-refractivity contribution is 0.406. The second kappa shape index (κ2) is 9.10. The second-order valence-corrected chi connectivity index (χ2v) is 4.99. The van der Waals surface area contributed by atoms with Crippen molar-refractivity contribution in [1.82, 2.24) is 10.2 Å². The van der Waals surface area contributed by atoms with Crippen molar-refractivity contribution in [2.45, 2.75) is 26.2 Å². The van der Waals surface area contributed by atoms with E-state index in [-0.39, 0.29) is 5.75 Å². The van der Waals surface area contributed by atoms with Gasteiger partial charge in [-0.2, -0.15) is 0 Å². The van der Waals surface area contributed by atoms with E-state index in [0.29, 0.717) is 5.75 Å². The number of ether oxygens (including phenoxy) is 1. The molecule has 0 heterocycles. The fourth-order valence-corrected chi connectivity index (χ4v) is 2.08. The maximum Gasteiger partial charge on any atom is 0.193 e. The number of benzene rings is 1. The van der Waals surface area contributed by atoms with Crippen molar-refractivity contribution in [3.63, 3.8) is 0 Å². The van der Waals surface area contributed by atoms with Crippen LogP contribution in [0.3, 0.4) is 0 Å². The Morgan fingerprint density at radius 1 is 1.43 bits per heavy atom. The molecule has 21 heavy (non-hydrogen) atoms. The first-order valence-corrected chi connectivity index (χ1v) is 7.40. The highest BCUT2D eigenvalue weighted by molar-refractivity contribution is 5.79. The van der Waals surface area contributed by atoms with Crippen LogP contribution in [0.15, 0.2) is 23.2 Å². The first-order chi connectivity index (χ1) is 10.1. The minimum Gasteiger partial charge on any atom is -0.508 e. The Bertz CT molecular complexity index is 461. The summed E-state index contributed by atoms with van der Waals surface area (Å²) in [5, 5.41) is 13.2. The average molecular weight is 293 g/mol. The molecule has 1 aromatic rings. The third kappa shape index (κ3) is 5.53. The van der Waals surface area contributed by atoms with Crippen LogP contribution in [0.4, 0.5) is 0 Å². The Morgan fingerprint density at radius 2 is 2.19 bits per heavy atom. The Morgan fingerprint density at radius 3 is 2.76 bits per heavy atom. The molecular weight excluding hydrogens is 266 g/mol. The van der Waals surface area contributed by atoms with Gasteiger partial charge in [0.2, 0.25) is 0 Å². The second-order valence-electron chi connectivity index (χ2n) is 4.99. The predicted octanol–water partition coefficient (Wildman–Crippen LogP) is 2.25. The highest BCUT2D eigenvalue weighted by Crippen LogP contribution is 2.23. The van der Waals surface area contributed by atoms with Gasteiger partial charge in [-0.15, -0.1) is 0 Å². The quantitative estimate of drug-likeness (QED) is 0.598. The standard InChI is InChI=1S/C16H27N3O2/c1-5-6-11-19(3)16(17-2)18-10-9-13-7-8-14(21-4)12-15(13)20/h7-8,12,20H,5-6,9-11H2,1-4H3,(H,17,18). The van der Waals surface area contributed by atoms with Crippen molar-refractivity contribution in [2.24, 2.45) is 4.99 Å². The van der Waals surface area contributed by atoms with Crippen molar-refractivity contribution in [3.05, 3.63) is 23.8 Å². The highest BCUT2D eigenvalue weighted by atomic mass is 16.5. The van der Waals surface area contributed by atoms with Gasteiger partial charge in [0.1, 0.15) is 11.5 Å². The minimum absolute atomic E-state index is 0.269. The zero-order valence-corrected chi connectivity index (χ0v) is 13.5. The van der Waals surface area contributed by atoms with E-state index in [2.05, 4.69) is 22.1 Å². The van der Waals surface area contributed by atoms with Gasteiger partial charge < -0.3 is 20.1 Å². The summed E-state index contributed by atoms with van der Waals surface area (Å²) >= 11 is 0. The van der Waals surface area contributed by atoms with Crippen molar-refractivity contribution >= 4 is 5.96 Å². The lowest BCUT2D eigenvalue weighted by Crippen LogP contribution is -2.40. The summed E-state index contributed by atoms with van der Waals surface area (Å²) in [6.45, 7) is 3.89. The van der Waals surface area contributed by atoms with E-state index < -0.39 is 0 Å². The summed E-state index contributed by atoms with van der Waals surface area (Å²) in [6, 6.07) is 5.38. The molecule has 0 aliphatic rings. The van der Waals surface area contributed by atoms with Gasteiger partial charge in [0.25, 0.3) is 0 Å². The predicted molar refractivity (Wildman–Crippen MR) is 87.3 cm³/mol. The summed E-state index contributed by atoms with van der Waals surface area (Å²) in [7, 11) is 5.41. The number of hydrogen-bond acceptors (Lipinski definition) is 3. The van der Waals surface area contributed by atoms with Crippen molar-refractivity contribution in [2.75, 3.05) is 34.3 Å². The smallest absolute Gasteiger partial charge is 0.193 e. The molecule has 0 saturated heterocycles. The molecule has 0 bridgehead atoms. The molecular formula is C16H27N3O2. The number of aromatic hydroxyl groups is 1. The van der Waals surface area contributed by atoms with Crippen LogP contribution in [0.1, 0.15) is 25.3 Å². The van der Waals surface area contributed by atoms with Crippen LogP contribution >= 0.6 is 0 Å². The van der Waals surface area contributed by atoms with E-state index in [1.54, 1.807) is 20.2 Å². The number of nitrogens with one attached hydrogen (secondary N) is 1. The molecule has 0 fully saturated rings. The van der Waals surface area contributed by atoms with Crippen LogP contribution in [0.25, 0.3) is 0 Å². The van der Waals surface area contributed by atoms with E-state index in [9.17, 15) is 5.11 Å². The van der Waals surface area contributed by atoms with E-state index in [1.165, 1.54) is 6.42 Å². The largest absolute Gasteiger partial charge is 0.508 e. The Balaban J connectivity index is 2.48. The number of aliphatic imine (C=N–C) groups is 1. The fourth-order valence-electron chi connectivity index (χ4n) is 2.08. The third-order valence-electron chi connectivity index (χ3n) is 3.39. The topological polar surface area (TPSA) is 57.1 Å². The maximum absolute atomic E-state index is 9.92. The number of methoxy groups -OCH3 is 1. The molecule has 0 spiro atoms. The number of unbranched alkanes of at least 4 members (excludes halogenated alkanes) is 1. The molecule has 5 nitrogen and oxygen atoms in total. The molecule has 1 rings (SSSR count). The zero-order valence-electron chi connectivity index (χ0n) is 13.5. The van der Waals surface area contributed by atoms with E-state index >= 15 is 0 Å². The molecule has 0 aliphatic heterocycles. The molecule has 5 heteroatoms. The minimum atomic E-state index is 0.269. The van der Waals surface area contributed by atoms with Gasteiger partial charge in [0, 0.05) is 33.3 Å².